The zero-order valence-corrected chi connectivity index (χ0v) is 11.8. The van der Waals surface area contributed by atoms with Crippen molar-refractivity contribution < 1.29 is 14.3 Å². The quantitative estimate of drug-likeness (QED) is 0.928. The molecule has 4 heteroatoms. The Morgan fingerprint density at radius 1 is 1.00 bits per heavy atom. The van der Waals surface area contributed by atoms with Crippen LogP contribution in [0, 0.1) is 6.92 Å². The lowest BCUT2D eigenvalue weighted by Crippen LogP contribution is -2.12. The van der Waals surface area contributed by atoms with Crippen molar-refractivity contribution >= 4 is 11.6 Å². The van der Waals surface area contributed by atoms with Gasteiger partial charge < -0.3 is 14.8 Å². The van der Waals surface area contributed by atoms with Crippen LogP contribution in [0.3, 0.4) is 0 Å². The molecule has 0 radical (unpaired) electrons. The van der Waals surface area contributed by atoms with Crippen LogP contribution >= 0.6 is 0 Å². The van der Waals surface area contributed by atoms with Crippen molar-refractivity contribution in [1.82, 2.24) is 0 Å². The number of amides is 1. The molecule has 0 fully saturated rings. The van der Waals surface area contributed by atoms with Crippen molar-refractivity contribution in [3.63, 3.8) is 0 Å². The minimum absolute atomic E-state index is 0.152. The van der Waals surface area contributed by atoms with Gasteiger partial charge in [0.15, 0.2) is 11.5 Å². The highest BCUT2D eigenvalue weighted by atomic mass is 16.5. The van der Waals surface area contributed by atoms with Crippen LogP contribution in [0.15, 0.2) is 42.5 Å². The molecule has 0 aliphatic carbocycles. The highest BCUT2D eigenvalue weighted by molar-refractivity contribution is 6.04. The maximum atomic E-state index is 12.1. The van der Waals surface area contributed by atoms with Gasteiger partial charge in [0.05, 0.1) is 14.2 Å². The van der Waals surface area contributed by atoms with Gasteiger partial charge in [-0.1, -0.05) is 18.2 Å². The van der Waals surface area contributed by atoms with Gasteiger partial charge in [0.25, 0.3) is 5.91 Å². The van der Waals surface area contributed by atoms with Gasteiger partial charge in [0, 0.05) is 17.3 Å². The van der Waals surface area contributed by atoms with E-state index in [4.69, 9.17) is 9.47 Å². The molecular weight excluding hydrogens is 254 g/mol. The molecule has 1 N–H and O–H groups in total. The molecule has 0 aliphatic heterocycles. The molecule has 0 saturated carbocycles. The van der Waals surface area contributed by atoms with Gasteiger partial charge in [-0.05, 0) is 30.7 Å². The number of rotatable bonds is 4. The van der Waals surface area contributed by atoms with E-state index in [2.05, 4.69) is 5.32 Å². The van der Waals surface area contributed by atoms with E-state index in [1.165, 1.54) is 0 Å². The summed E-state index contributed by atoms with van der Waals surface area (Å²) in [6.45, 7) is 1.91. The summed E-state index contributed by atoms with van der Waals surface area (Å²) in [6, 6.07) is 12.7. The SMILES string of the molecule is COc1cc(C)c(NC(=O)c2ccccc2)cc1OC. The summed E-state index contributed by atoms with van der Waals surface area (Å²) >= 11 is 0. The van der Waals surface area contributed by atoms with Crippen molar-refractivity contribution in [2.75, 3.05) is 19.5 Å². The molecule has 0 bridgehead atoms. The Kier molecular flexibility index (Phi) is 4.25. The molecule has 0 aromatic heterocycles. The van der Waals surface area contributed by atoms with Gasteiger partial charge >= 0.3 is 0 Å². The van der Waals surface area contributed by atoms with Crippen LogP contribution in [0.4, 0.5) is 5.69 Å². The third-order valence-corrected chi connectivity index (χ3v) is 3.01. The van der Waals surface area contributed by atoms with E-state index in [1.54, 1.807) is 32.4 Å². The van der Waals surface area contributed by atoms with Crippen LogP contribution in [0.1, 0.15) is 15.9 Å². The fourth-order valence-electron chi connectivity index (χ4n) is 1.90. The average Bonchev–Trinajstić information content (AvgIpc) is 2.49. The Labute approximate surface area is 118 Å². The van der Waals surface area contributed by atoms with Gasteiger partial charge in [-0.15, -0.1) is 0 Å². The van der Waals surface area contributed by atoms with E-state index < -0.39 is 0 Å². The largest absolute Gasteiger partial charge is 0.493 e. The van der Waals surface area contributed by atoms with Gasteiger partial charge in [0.2, 0.25) is 0 Å². The number of aryl methyl sites for hydroxylation is 1. The molecule has 2 aromatic carbocycles. The number of ether oxygens (including phenoxy) is 2. The number of benzene rings is 2. The third-order valence-electron chi connectivity index (χ3n) is 3.01. The second-order valence-corrected chi connectivity index (χ2v) is 4.34. The fraction of sp³-hybridized carbons (Fsp3) is 0.188. The fourth-order valence-corrected chi connectivity index (χ4v) is 1.90. The first-order valence-electron chi connectivity index (χ1n) is 6.24. The van der Waals surface area contributed by atoms with Gasteiger partial charge in [0.1, 0.15) is 0 Å². The molecule has 20 heavy (non-hydrogen) atoms. The van der Waals surface area contributed by atoms with Crippen LogP contribution in [-0.4, -0.2) is 20.1 Å². The van der Waals surface area contributed by atoms with E-state index >= 15 is 0 Å². The highest BCUT2D eigenvalue weighted by Crippen LogP contribution is 2.33. The van der Waals surface area contributed by atoms with E-state index in [9.17, 15) is 4.79 Å². The third kappa shape index (κ3) is 2.91. The maximum Gasteiger partial charge on any atom is 0.255 e. The molecule has 104 valence electrons. The predicted octanol–water partition coefficient (Wildman–Crippen LogP) is 3.26. The summed E-state index contributed by atoms with van der Waals surface area (Å²) < 4.78 is 10.5. The van der Waals surface area contributed by atoms with Crippen LogP contribution in [-0.2, 0) is 0 Å². The second-order valence-electron chi connectivity index (χ2n) is 4.34. The van der Waals surface area contributed by atoms with Crippen molar-refractivity contribution in [2.45, 2.75) is 6.92 Å². The Bertz CT molecular complexity index is 609. The summed E-state index contributed by atoms with van der Waals surface area (Å²) in [6.07, 6.45) is 0. The lowest BCUT2D eigenvalue weighted by atomic mass is 10.1. The summed E-state index contributed by atoms with van der Waals surface area (Å²) in [5.41, 5.74) is 2.23. The normalized spacial score (nSPS) is 9.95. The Hall–Kier alpha value is -2.49. The summed E-state index contributed by atoms with van der Waals surface area (Å²) in [4.78, 5) is 12.1. The minimum Gasteiger partial charge on any atom is -0.493 e. The van der Waals surface area contributed by atoms with E-state index in [1.807, 2.05) is 31.2 Å². The molecule has 4 nitrogen and oxygen atoms in total. The molecule has 0 unspecified atom stereocenters. The summed E-state index contributed by atoms with van der Waals surface area (Å²) in [7, 11) is 3.15. The lowest BCUT2D eigenvalue weighted by molar-refractivity contribution is 0.102. The number of carbonyl (C=O) groups excluding carboxylic acids is 1. The smallest absolute Gasteiger partial charge is 0.255 e. The van der Waals surface area contributed by atoms with Crippen molar-refractivity contribution in [3.8, 4) is 11.5 Å². The molecule has 0 atom stereocenters. The van der Waals surface area contributed by atoms with Crippen molar-refractivity contribution in [1.29, 1.82) is 0 Å². The molecule has 0 heterocycles. The van der Waals surface area contributed by atoms with E-state index in [0.717, 1.165) is 5.56 Å². The van der Waals surface area contributed by atoms with Gasteiger partial charge in [-0.25, -0.2) is 0 Å². The first-order chi connectivity index (χ1) is 9.65. The van der Waals surface area contributed by atoms with Crippen molar-refractivity contribution in [2.24, 2.45) is 0 Å². The van der Waals surface area contributed by atoms with Crippen LogP contribution in [0.25, 0.3) is 0 Å². The number of methoxy groups -OCH3 is 2. The topological polar surface area (TPSA) is 47.6 Å². The van der Waals surface area contributed by atoms with E-state index in [-0.39, 0.29) is 5.91 Å². The van der Waals surface area contributed by atoms with Crippen molar-refractivity contribution in [3.05, 3.63) is 53.6 Å². The first kappa shape index (κ1) is 13.9. The maximum absolute atomic E-state index is 12.1. The number of carbonyl (C=O) groups is 1. The Morgan fingerprint density at radius 3 is 2.20 bits per heavy atom. The first-order valence-corrected chi connectivity index (χ1v) is 6.24. The Balaban J connectivity index is 2.28. The van der Waals surface area contributed by atoms with E-state index in [0.29, 0.717) is 22.7 Å². The minimum atomic E-state index is -0.152. The van der Waals surface area contributed by atoms with Gasteiger partial charge in [-0.2, -0.15) is 0 Å². The zero-order chi connectivity index (χ0) is 14.5. The molecule has 0 aliphatic rings. The molecule has 0 saturated heterocycles. The monoisotopic (exact) mass is 271 g/mol. The summed E-state index contributed by atoms with van der Waals surface area (Å²) in [5.74, 6) is 1.07. The number of hydrogen-bond donors (Lipinski definition) is 1. The predicted molar refractivity (Wildman–Crippen MR) is 78.7 cm³/mol. The molecule has 2 aromatic rings. The van der Waals surface area contributed by atoms with Crippen LogP contribution in [0.2, 0.25) is 0 Å². The van der Waals surface area contributed by atoms with Gasteiger partial charge in [-0.3, -0.25) is 4.79 Å². The number of nitrogens with one attached hydrogen (secondary N) is 1. The zero-order valence-electron chi connectivity index (χ0n) is 11.8. The van der Waals surface area contributed by atoms with Crippen LogP contribution < -0.4 is 14.8 Å². The number of anilines is 1. The second kappa shape index (κ2) is 6.10. The summed E-state index contributed by atoms with van der Waals surface area (Å²) in [5, 5.41) is 2.88. The lowest BCUT2D eigenvalue weighted by Gasteiger charge is -2.13. The van der Waals surface area contributed by atoms with Crippen LogP contribution in [0.5, 0.6) is 11.5 Å². The number of hydrogen-bond acceptors (Lipinski definition) is 3. The highest BCUT2D eigenvalue weighted by Gasteiger charge is 2.11. The standard InChI is InChI=1S/C16H17NO3/c1-11-9-14(19-2)15(20-3)10-13(11)17-16(18)12-7-5-4-6-8-12/h4-10H,1-3H3,(H,17,18). The molecule has 0 spiro atoms. The molecule has 2 rings (SSSR count). The average molecular weight is 271 g/mol. The Morgan fingerprint density at radius 2 is 1.60 bits per heavy atom. The molecule has 1 amide bonds. The molecular formula is C16H17NO3.